The van der Waals surface area contributed by atoms with E-state index in [0.717, 1.165) is 6.07 Å². The molecule has 1 saturated carbocycles. The Hall–Kier alpha value is -1.98. The molecule has 0 aliphatic heterocycles. The van der Waals surface area contributed by atoms with Gasteiger partial charge < -0.3 is 10.1 Å². The molecule has 19 heavy (non-hydrogen) atoms. The van der Waals surface area contributed by atoms with Gasteiger partial charge in [0.2, 0.25) is 0 Å². The van der Waals surface area contributed by atoms with Gasteiger partial charge in [0.15, 0.2) is 11.6 Å². The number of H-pyrrole nitrogens is 1. The van der Waals surface area contributed by atoms with Gasteiger partial charge in [0.25, 0.3) is 0 Å². The summed E-state index contributed by atoms with van der Waals surface area (Å²) in [6.45, 7) is 0. The molecular weight excluding hydrogens is 254 g/mol. The Morgan fingerprint density at radius 2 is 2.16 bits per heavy atom. The summed E-state index contributed by atoms with van der Waals surface area (Å²) in [6.07, 6.45) is 1.77. The van der Waals surface area contributed by atoms with Crippen LogP contribution in [0.3, 0.4) is 0 Å². The first-order chi connectivity index (χ1) is 9.06. The number of benzene rings is 1. The fourth-order valence-corrected chi connectivity index (χ4v) is 2.68. The molecule has 1 aromatic carbocycles. The van der Waals surface area contributed by atoms with Crippen LogP contribution in [0.15, 0.2) is 12.1 Å². The van der Waals surface area contributed by atoms with E-state index in [4.69, 9.17) is 5.11 Å². The summed E-state index contributed by atoms with van der Waals surface area (Å²) in [5, 5.41) is 8.96. The van der Waals surface area contributed by atoms with Crippen molar-refractivity contribution in [3.63, 3.8) is 0 Å². The number of fused-ring (bicyclic) bond motifs is 1. The number of carboxylic acids is 1. The quantitative estimate of drug-likeness (QED) is 0.878. The van der Waals surface area contributed by atoms with E-state index < -0.39 is 17.6 Å². The van der Waals surface area contributed by atoms with Gasteiger partial charge in [-0.1, -0.05) is 0 Å². The number of halogens is 2. The van der Waals surface area contributed by atoms with Crippen molar-refractivity contribution in [2.45, 2.75) is 25.2 Å². The lowest BCUT2D eigenvalue weighted by Gasteiger charge is -2.04. The average Bonchev–Trinajstić information content (AvgIpc) is 2.99. The van der Waals surface area contributed by atoms with E-state index in [1.165, 1.54) is 6.07 Å². The zero-order chi connectivity index (χ0) is 13.6. The Morgan fingerprint density at radius 3 is 2.84 bits per heavy atom. The smallest absolute Gasteiger partial charge is 0.306 e. The zero-order valence-corrected chi connectivity index (χ0v) is 9.99. The number of hydrogen-bond acceptors (Lipinski definition) is 2. The van der Waals surface area contributed by atoms with Gasteiger partial charge in [0.1, 0.15) is 11.3 Å². The molecular formula is C13H12F2N2O2. The minimum Gasteiger partial charge on any atom is -0.481 e. The van der Waals surface area contributed by atoms with Crippen LogP contribution < -0.4 is 0 Å². The standard InChI is InChI=1S/C13H12F2N2O2/c14-8-3-4-9-11(10(8)15)17-12(16-9)6-1-2-7(5-6)13(18)19/h3-4,6-7H,1-2,5H2,(H,16,17)(H,18,19). The molecule has 1 aromatic heterocycles. The Morgan fingerprint density at radius 1 is 1.37 bits per heavy atom. The van der Waals surface area contributed by atoms with E-state index in [1.807, 2.05) is 0 Å². The molecule has 1 fully saturated rings. The maximum atomic E-state index is 13.6. The van der Waals surface area contributed by atoms with E-state index in [2.05, 4.69) is 9.97 Å². The third-order valence-electron chi connectivity index (χ3n) is 3.73. The van der Waals surface area contributed by atoms with Gasteiger partial charge >= 0.3 is 5.97 Å². The normalized spacial score (nSPS) is 23.1. The maximum absolute atomic E-state index is 13.6. The van der Waals surface area contributed by atoms with Crippen molar-refractivity contribution >= 4 is 17.0 Å². The first kappa shape index (κ1) is 12.1. The highest BCUT2D eigenvalue weighted by atomic mass is 19.2. The molecule has 3 rings (SSSR count). The topological polar surface area (TPSA) is 66.0 Å². The molecule has 1 aliphatic rings. The summed E-state index contributed by atoms with van der Waals surface area (Å²) < 4.78 is 26.6. The number of imidazole rings is 1. The lowest BCUT2D eigenvalue weighted by Crippen LogP contribution is -2.09. The minimum atomic E-state index is -0.965. The maximum Gasteiger partial charge on any atom is 0.306 e. The van der Waals surface area contributed by atoms with Crippen molar-refractivity contribution in [2.24, 2.45) is 5.92 Å². The highest BCUT2D eigenvalue weighted by Gasteiger charge is 2.32. The summed E-state index contributed by atoms with van der Waals surface area (Å²) >= 11 is 0. The summed E-state index contributed by atoms with van der Waals surface area (Å²) in [4.78, 5) is 17.9. The number of rotatable bonds is 2. The number of nitrogens with one attached hydrogen (secondary N) is 1. The minimum absolute atomic E-state index is 0.0197. The van der Waals surface area contributed by atoms with Crippen molar-refractivity contribution < 1.29 is 18.7 Å². The van der Waals surface area contributed by atoms with Crippen LogP contribution in [-0.4, -0.2) is 21.0 Å². The monoisotopic (exact) mass is 266 g/mol. The summed E-state index contributed by atoms with van der Waals surface area (Å²) in [7, 11) is 0. The number of aromatic amines is 1. The summed E-state index contributed by atoms with van der Waals surface area (Å²) in [5.41, 5.74) is 0.418. The van der Waals surface area contributed by atoms with Crippen LogP contribution in [0.4, 0.5) is 8.78 Å². The van der Waals surface area contributed by atoms with E-state index in [1.54, 1.807) is 0 Å². The fraction of sp³-hybridized carbons (Fsp3) is 0.385. The Kier molecular flexibility index (Phi) is 2.73. The van der Waals surface area contributed by atoms with Gasteiger partial charge in [-0.05, 0) is 31.4 Å². The zero-order valence-electron chi connectivity index (χ0n) is 9.99. The van der Waals surface area contributed by atoms with E-state index >= 15 is 0 Å². The van der Waals surface area contributed by atoms with Gasteiger partial charge in [-0.3, -0.25) is 4.79 Å². The Balaban J connectivity index is 1.94. The second-order valence-electron chi connectivity index (χ2n) is 4.92. The largest absolute Gasteiger partial charge is 0.481 e. The van der Waals surface area contributed by atoms with Crippen LogP contribution in [0.2, 0.25) is 0 Å². The van der Waals surface area contributed by atoms with Crippen molar-refractivity contribution in [3.8, 4) is 0 Å². The first-order valence-corrected chi connectivity index (χ1v) is 6.12. The van der Waals surface area contributed by atoms with Crippen molar-refractivity contribution in [2.75, 3.05) is 0 Å². The number of nitrogens with zero attached hydrogens (tertiary/aromatic N) is 1. The first-order valence-electron chi connectivity index (χ1n) is 6.12. The van der Waals surface area contributed by atoms with Crippen molar-refractivity contribution in [1.82, 2.24) is 9.97 Å². The number of carbonyl (C=O) groups is 1. The molecule has 6 heteroatoms. The lowest BCUT2D eigenvalue weighted by molar-refractivity contribution is -0.141. The molecule has 0 amide bonds. The lowest BCUT2D eigenvalue weighted by atomic mass is 10.0. The highest BCUT2D eigenvalue weighted by Crippen LogP contribution is 2.38. The third-order valence-corrected chi connectivity index (χ3v) is 3.73. The molecule has 0 bridgehead atoms. The van der Waals surface area contributed by atoms with Crippen LogP contribution >= 0.6 is 0 Å². The van der Waals surface area contributed by atoms with Gasteiger partial charge in [-0.25, -0.2) is 13.8 Å². The SMILES string of the molecule is O=C(O)C1CCC(c2nc3c(F)c(F)ccc3[nH]2)C1. The molecule has 2 atom stereocenters. The average molecular weight is 266 g/mol. The van der Waals surface area contributed by atoms with Crippen LogP contribution in [0.25, 0.3) is 11.0 Å². The number of aliphatic carboxylic acids is 1. The molecule has 0 saturated heterocycles. The summed E-state index contributed by atoms with van der Waals surface area (Å²) in [5.74, 6) is -2.57. The Bertz CT molecular complexity index is 653. The van der Waals surface area contributed by atoms with Crippen LogP contribution in [0, 0.1) is 17.6 Å². The van der Waals surface area contributed by atoms with Crippen molar-refractivity contribution in [3.05, 3.63) is 29.6 Å². The highest BCUT2D eigenvalue weighted by molar-refractivity contribution is 5.76. The van der Waals surface area contributed by atoms with Crippen LogP contribution in [0.5, 0.6) is 0 Å². The predicted octanol–water partition coefficient (Wildman–Crippen LogP) is 2.81. The molecule has 2 aromatic rings. The molecule has 0 radical (unpaired) electrons. The van der Waals surface area contributed by atoms with Crippen LogP contribution in [-0.2, 0) is 4.79 Å². The molecule has 1 heterocycles. The molecule has 4 nitrogen and oxygen atoms in total. The van der Waals surface area contributed by atoms with E-state index in [9.17, 15) is 13.6 Å². The van der Waals surface area contributed by atoms with Gasteiger partial charge in [-0.2, -0.15) is 0 Å². The predicted molar refractivity (Wildman–Crippen MR) is 63.7 cm³/mol. The molecule has 2 N–H and O–H groups in total. The number of aromatic nitrogens is 2. The fourth-order valence-electron chi connectivity index (χ4n) is 2.68. The van der Waals surface area contributed by atoms with Crippen LogP contribution in [0.1, 0.15) is 31.0 Å². The second kappa shape index (κ2) is 4.29. The number of hydrogen-bond donors (Lipinski definition) is 2. The van der Waals surface area contributed by atoms with E-state index in [0.29, 0.717) is 30.6 Å². The molecule has 2 unspecified atom stereocenters. The third kappa shape index (κ3) is 1.97. The molecule has 1 aliphatic carbocycles. The molecule has 0 spiro atoms. The second-order valence-corrected chi connectivity index (χ2v) is 4.92. The summed E-state index contributed by atoms with van der Waals surface area (Å²) in [6, 6.07) is 2.49. The van der Waals surface area contributed by atoms with Crippen molar-refractivity contribution in [1.29, 1.82) is 0 Å². The van der Waals surface area contributed by atoms with E-state index in [-0.39, 0.29) is 17.4 Å². The molecule has 100 valence electrons. The Labute approximate surface area is 107 Å². The van der Waals surface area contributed by atoms with Gasteiger partial charge in [0, 0.05) is 5.92 Å². The van der Waals surface area contributed by atoms with Gasteiger partial charge in [0.05, 0.1) is 11.4 Å². The number of carboxylic acid groups (broad SMARTS) is 1. The van der Waals surface area contributed by atoms with Gasteiger partial charge in [-0.15, -0.1) is 0 Å².